The highest BCUT2D eigenvalue weighted by atomic mass is 33.1. The molecule has 0 aliphatic carbocycles. The molecule has 0 unspecified atom stereocenters. The van der Waals surface area contributed by atoms with Gasteiger partial charge in [-0.15, -0.1) is 23.3 Å². The maximum Gasteiger partial charge on any atom is 0.296 e. The summed E-state index contributed by atoms with van der Waals surface area (Å²) in [6, 6.07) is 2.46. The Morgan fingerprint density at radius 1 is 1.45 bits per heavy atom. The average Bonchev–Trinajstić information content (AvgIpc) is 2.52. The summed E-state index contributed by atoms with van der Waals surface area (Å²) >= 11 is 6.44. The number of carbonyl (C=O) groups is 1. The van der Waals surface area contributed by atoms with Crippen LogP contribution < -0.4 is 21.5 Å². The van der Waals surface area contributed by atoms with Gasteiger partial charge in [-0.2, -0.15) is 0 Å². The third-order valence-corrected chi connectivity index (χ3v) is 2.48. The number of hydrogen-bond acceptors (Lipinski definition) is 8. The first kappa shape index (κ1) is 20.1. The van der Waals surface area contributed by atoms with Crippen LogP contribution in [0, 0.1) is 10.1 Å². The normalized spacial score (nSPS) is 9.82. The SMILES string of the molecule is COc1cc(C(N)=O)cc([N+](=O)[O-])c1NC/C=C/CN.SS. The molecule has 0 saturated heterocycles. The highest BCUT2D eigenvalue weighted by molar-refractivity contribution is 8.59. The van der Waals surface area contributed by atoms with Crippen molar-refractivity contribution in [2.45, 2.75) is 0 Å². The summed E-state index contributed by atoms with van der Waals surface area (Å²) in [4.78, 5) is 21.6. The molecule has 0 bridgehead atoms. The second-order valence-electron chi connectivity index (χ2n) is 3.78. The van der Waals surface area contributed by atoms with E-state index in [-0.39, 0.29) is 22.7 Å². The zero-order valence-electron chi connectivity index (χ0n) is 11.9. The molecule has 0 heterocycles. The molecular weight excluding hydrogens is 328 g/mol. The topological polar surface area (TPSA) is 134 Å². The monoisotopic (exact) mass is 346 g/mol. The molecule has 0 aliphatic heterocycles. The van der Waals surface area contributed by atoms with Crippen LogP contribution in [0.3, 0.4) is 0 Å². The lowest BCUT2D eigenvalue weighted by molar-refractivity contribution is -0.384. The molecule has 0 radical (unpaired) electrons. The first-order chi connectivity index (χ1) is 10.5. The fourth-order valence-electron chi connectivity index (χ4n) is 1.57. The molecule has 1 amide bonds. The zero-order valence-corrected chi connectivity index (χ0v) is 13.6. The number of amides is 1. The van der Waals surface area contributed by atoms with Crippen LogP contribution in [0.1, 0.15) is 10.4 Å². The Kier molecular flexibility index (Phi) is 9.83. The van der Waals surface area contributed by atoms with Gasteiger partial charge in [-0.1, -0.05) is 12.2 Å². The molecule has 1 aromatic carbocycles. The number of primary amides is 1. The van der Waals surface area contributed by atoms with E-state index in [4.69, 9.17) is 16.2 Å². The number of hydrogen-bond donors (Lipinski definition) is 5. The lowest BCUT2D eigenvalue weighted by Gasteiger charge is -2.11. The van der Waals surface area contributed by atoms with Crippen LogP contribution in [0.4, 0.5) is 11.4 Å². The van der Waals surface area contributed by atoms with Gasteiger partial charge in [0.05, 0.1) is 12.0 Å². The number of ether oxygens (including phenoxy) is 1. The van der Waals surface area contributed by atoms with Gasteiger partial charge in [-0.3, -0.25) is 14.9 Å². The number of nitrogens with two attached hydrogens (primary N) is 2. The van der Waals surface area contributed by atoms with Crippen LogP contribution in [-0.2, 0) is 0 Å². The van der Waals surface area contributed by atoms with Gasteiger partial charge in [0.15, 0.2) is 5.69 Å². The van der Waals surface area contributed by atoms with Gasteiger partial charge < -0.3 is 21.5 Å². The summed E-state index contributed by atoms with van der Waals surface area (Å²) < 4.78 is 5.06. The molecule has 5 N–H and O–H groups in total. The van der Waals surface area contributed by atoms with Crippen molar-refractivity contribution in [1.82, 2.24) is 0 Å². The second kappa shape index (κ2) is 10.8. The molecular formula is C12H18N4O4S2. The molecule has 0 atom stereocenters. The number of carbonyl (C=O) groups excluding carboxylic acids is 1. The summed E-state index contributed by atoms with van der Waals surface area (Å²) in [7, 11) is 1.35. The maximum absolute atomic E-state index is 11.2. The molecule has 1 aromatic rings. The van der Waals surface area contributed by atoms with Crippen molar-refractivity contribution in [3.05, 3.63) is 40.0 Å². The minimum Gasteiger partial charge on any atom is -0.494 e. The van der Waals surface area contributed by atoms with E-state index in [0.29, 0.717) is 13.1 Å². The van der Waals surface area contributed by atoms with Gasteiger partial charge in [0, 0.05) is 24.7 Å². The Labute approximate surface area is 138 Å². The predicted octanol–water partition coefficient (Wildman–Crippen LogP) is 1.39. The van der Waals surface area contributed by atoms with Gasteiger partial charge in [-0.05, 0) is 6.07 Å². The fraction of sp³-hybridized carbons (Fsp3) is 0.250. The molecule has 0 saturated carbocycles. The number of anilines is 1. The van der Waals surface area contributed by atoms with Crippen LogP contribution in [0.5, 0.6) is 5.75 Å². The van der Waals surface area contributed by atoms with Crippen molar-refractivity contribution in [2.24, 2.45) is 11.5 Å². The maximum atomic E-state index is 11.2. The van der Waals surface area contributed by atoms with E-state index < -0.39 is 10.8 Å². The molecule has 8 nitrogen and oxygen atoms in total. The van der Waals surface area contributed by atoms with Gasteiger partial charge in [0.2, 0.25) is 5.91 Å². The van der Waals surface area contributed by atoms with Gasteiger partial charge in [0.25, 0.3) is 5.69 Å². The number of methoxy groups -OCH3 is 1. The predicted molar refractivity (Wildman–Crippen MR) is 92.8 cm³/mol. The van der Waals surface area contributed by atoms with E-state index in [2.05, 4.69) is 28.6 Å². The number of thiol groups is 2. The van der Waals surface area contributed by atoms with Crippen molar-refractivity contribution < 1.29 is 14.5 Å². The lowest BCUT2D eigenvalue weighted by atomic mass is 10.1. The van der Waals surface area contributed by atoms with Crippen molar-refractivity contribution in [3.8, 4) is 5.75 Å². The highest BCUT2D eigenvalue weighted by Crippen LogP contribution is 2.35. The van der Waals surface area contributed by atoms with Crippen molar-refractivity contribution in [2.75, 3.05) is 25.5 Å². The van der Waals surface area contributed by atoms with Gasteiger partial charge >= 0.3 is 0 Å². The Balaban J connectivity index is 0.00000211. The average molecular weight is 346 g/mol. The molecule has 1 rings (SSSR count). The molecule has 10 heteroatoms. The first-order valence-electron chi connectivity index (χ1n) is 5.96. The Hall–Kier alpha value is -1.91. The summed E-state index contributed by atoms with van der Waals surface area (Å²) in [5.74, 6) is -0.588. The fourth-order valence-corrected chi connectivity index (χ4v) is 1.57. The van der Waals surface area contributed by atoms with Crippen molar-refractivity contribution >= 4 is 40.6 Å². The summed E-state index contributed by atoms with van der Waals surface area (Å²) in [5.41, 5.74) is 10.3. The number of rotatable bonds is 7. The lowest BCUT2D eigenvalue weighted by Crippen LogP contribution is -2.13. The third kappa shape index (κ3) is 5.84. The Morgan fingerprint density at radius 3 is 2.55 bits per heavy atom. The van der Waals surface area contributed by atoms with E-state index in [1.807, 2.05) is 0 Å². The van der Waals surface area contributed by atoms with Crippen molar-refractivity contribution in [1.29, 1.82) is 0 Å². The zero-order chi connectivity index (χ0) is 17.1. The molecule has 22 heavy (non-hydrogen) atoms. The van der Waals surface area contributed by atoms with Crippen LogP contribution in [0.25, 0.3) is 0 Å². The van der Waals surface area contributed by atoms with Crippen LogP contribution in [0.15, 0.2) is 24.3 Å². The molecule has 0 spiro atoms. The second-order valence-corrected chi connectivity index (χ2v) is 3.78. The number of nitro benzene ring substituents is 1. The van der Waals surface area contributed by atoms with E-state index >= 15 is 0 Å². The van der Waals surface area contributed by atoms with Gasteiger partial charge in [-0.25, -0.2) is 0 Å². The minimum absolute atomic E-state index is 0.0107. The standard InChI is InChI=1S/C12H16N4O4.H2S2/c1-20-10-7-8(12(14)17)6-9(16(18)19)11(10)15-5-3-2-4-13;1-2/h2-3,6-7,15H,4-5,13H2,1H3,(H2,14,17);1-2H/b3-2+;. The molecule has 0 aromatic heterocycles. The van der Waals surface area contributed by atoms with Crippen LogP contribution in [-0.4, -0.2) is 31.0 Å². The molecule has 0 aliphatic rings. The quantitative estimate of drug-likeness (QED) is 0.167. The van der Waals surface area contributed by atoms with Crippen LogP contribution >= 0.6 is 23.3 Å². The largest absolute Gasteiger partial charge is 0.494 e. The van der Waals surface area contributed by atoms with E-state index in [1.165, 1.54) is 13.2 Å². The van der Waals surface area contributed by atoms with E-state index in [1.54, 1.807) is 12.2 Å². The summed E-state index contributed by atoms with van der Waals surface area (Å²) in [6.45, 7) is 0.714. The molecule has 122 valence electrons. The van der Waals surface area contributed by atoms with Crippen LogP contribution in [0.2, 0.25) is 0 Å². The minimum atomic E-state index is -0.763. The summed E-state index contributed by atoms with van der Waals surface area (Å²) in [6.07, 6.45) is 3.44. The summed E-state index contributed by atoms with van der Waals surface area (Å²) in [5, 5.41) is 13.9. The molecule has 0 fully saturated rings. The highest BCUT2D eigenvalue weighted by Gasteiger charge is 2.21. The number of nitrogens with one attached hydrogen (secondary N) is 1. The smallest absolute Gasteiger partial charge is 0.296 e. The third-order valence-electron chi connectivity index (χ3n) is 2.48. The Morgan fingerprint density at radius 2 is 2.09 bits per heavy atom. The Bertz CT molecular complexity index is 552. The number of nitro groups is 1. The van der Waals surface area contributed by atoms with E-state index in [9.17, 15) is 14.9 Å². The van der Waals surface area contributed by atoms with E-state index in [0.717, 1.165) is 6.07 Å². The number of nitrogens with zero attached hydrogens (tertiary/aromatic N) is 1. The first-order valence-corrected chi connectivity index (χ1v) is 7.56. The number of benzene rings is 1. The van der Waals surface area contributed by atoms with Crippen molar-refractivity contribution in [3.63, 3.8) is 0 Å². The van der Waals surface area contributed by atoms with Gasteiger partial charge in [0.1, 0.15) is 5.75 Å².